The molecule has 88 valence electrons. The molecule has 0 spiro atoms. The van der Waals surface area contributed by atoms with Gasteiger partial charge in [0.1, 0.15) is 6.72 Å². The molecule has 0 saturated carbocycles. The third kappa shape index (κ3) is 1.68. The van der Waals surface area contributed by atoms with Crippen molar-refractivity contribution in [3.05, 3.63) is 82.3 Å². The minimum Gasteiger partial charge on any atom is -0.174 e. The number of rotatable bonds is 0. The van der Waals surface area contributed by atoms with E-state index < -0.39 is 0 Å². The molecule has 0 aliphatic heterocycles. The Balaban J connectivity index is 2.53. The van der Waals surface area contributed by atoms with Gasteiger partial charge in [0.2, 0.25) is 5.35 Å². The number of pyridine rings is 1. The second-order valence-electron chi connectivity index (χ2n) is 4.66. The van der Waals surface area contributed by atoms with Crippen molar-refractivity contribution in [1.82, 2.24) is 0 Å². The van der Waals surface area contributed by atoms with Crippen molar-refractivity contribution in [3.63, 3.8) is 0 Å². The first kappa shape index (κ1) is 11.0. The monoisotopic (exact) mass is 234 g/mol. The van der Waals surface area contributed by atoms with Crippen LogP contribution in [0.5, 0.6) is 0 Å². The lowest BCUT2D eigenvalue weighted by Crippen LogP contribution is -2.17. The zero-order valence-corrected chi connectivity index (χ0v) is 10.6. The van der Waals surface area contributed by atoms with Gasteiger partial charge in [-0.2, -0.15) is 4.24 Å². The Labute approximate surface area is 106 Å². The second-order valence-corrected chi connectivity index (χ2v) is 4.66. The molecule has 1 aromatic heterocycles. The van der Waals surface area contributed by atoms with Crippen LogP contribution in [0, 0.1) is 24.2 Å². The maximum atomic E-state index is 4.04. The van der Waals surface area contributed by atoms with Crippen LogP contribution in [0.25, 0.3) is 6.08 Å². The highest BCUT2D eigenvalue weighted by atomic mass is 14.8. The third-order valence-electron chi connectivity index (χ3n) is 3.59. The minimum atomic E-state index is 1.02. The lowest BCUT2D eigenvalue weighted by molar-refractivity contribution is -0.510. The molecule has 1 heterocycles. The first-order valence-corrected chi connectivity index (χ1v) is 6.21. The van der Waals surface area contributed by atoms with Gasteiger partial charge in [-0.1, -0.05) is 24.3 Å². The molecule has 3 rings (SSSR count). The van der Waals surface area contributed by atoms with Gasteiger partial charge in [0, 0.05) is 17.4 Å². The van der Waals surface area contributed by atoms with Gasteiger partial charge in [0.25, 0.3) is 0 Å². The highest BCUT2D eigenvalue weighted by Crippen LogP contribution is 2.09. The first-order chi connectivity index (χ1) is 8.77. The lowest BCUT2D eigenvalue weighted by Gasteiger charge is -2.07. The smallest absolute Gasteiger partial charge is 0.174 e. The molecule has 1 nitrogen and oxygen atoms in total. The molecule has 18 heavy (non-hydrogen) atoms. The molecule has 1 aromatic carbocycles. The van der Waals surface area contributed by atoms with Crippen molar-refractivity contribution in [2.24, 2.45) is 0 Å². The van der Waals surface area contributed by atoms with Gasteiger partial charge < -0.3 is 0 Å². The van der Waals surface area contributed by atoms with E-state index in [1.165, 1.54) is 21.6 Å². The fourth-order valence-electron chi connectivity index (χ4n) is 2.56. The van der Waals surface area contributed by atoms with Crippen molar-refractivity contribution in [2.45, 2.75) is 13.3 Å². The normalized spacial score (nSPS) is 14.9. The van der Waals surface area contributed by atoms with Crippen LogP contribution in [0.2, 0.25) is 0 Å². The Hall–Kier alpha value is -2.15. The molecule has 0 bridgehead atoms. The average Bonchev–Trinajstić information content (AvgIpc) is 2.41. The number of benzene rings is 1. The Morgan fingerprint density at radius 2 is 2.06 bits per heavy atom. The van der Waals surface area contributed by atoms with E-state index in [4.69, 9.17) is 0 Å². The van der Waals surface area contributed by atoms with Gasteiger partial charge in [-0.25, -0.2) is 0 Å². The molecular weight excluding hydrogens is 218 g/mol. The highest BCUT2D eigenvalue weighted by molar-refractivity contribution is 5.47. The van der Waals surface area contributed by atoms with Gasteiger partial charge in [0.15, 0.2) is 6.20 Å². The van der Waals surface area contributed by atoms with E-state index in [-0.39, 0.29) is 0 Å². The number of hydrogen-bond donors (Lipinski definition) is 0. The summed E-state index contributed by atoms with van der Waals surface area (Å²) in [6, 6.07) is 10.6. The van der Waals surface area contributed by atoms with Crippen LogP contribution >= 0.6 is 0 Å². The Morgan fingerprint density at radius 3 is 2.89 bits per heavy atom. The maximum Gasteiger partial charge on any atom is 0.217 e. The van der Waals surface area contributed by atoms with Gasteiger partial charge in [-0.05, 0) is 41.8 Å². The Bertz CT molecular complexity index is 829. The fourth-order valence-corrected chi connectivity index (χ4v) is 2.56. The summed E-state index contributed by atoms with van der Waals surface area (Å²) in [5, 5.41) is 3.77. The molecule has 0 amide bonds. The van der Waals surface area contributed by atoms with Gasteiger partial charge in [-0.15, -0.1) is 0 Å². The van der Waals surface area contributed by atoms with E-state index in [0.29, 0.717) is 0 Å². The molecule has 1 heteroatoms. The largest absolute Gasteiger partial charge is 0.217 e. The summed E-state index contributed by atoms with van der Waals surface area (Å²) >= 11 is 0. The quantitative estimate of drug-likeness (QED) is 0.616. The van der Waals surface area contributed by atoms with Crippen molar-refractivity contribution in [2.75, 3.05) is 0 Å². The molecule has 0 N–H and O–H groups in total. The zero-order valence-electron chi connectivity index (χ0n) is 10.6. The topological polar surface area (TPSA) is 5.90 Å². The molecule has 0 fully saturated rings. The fraction of sp³-hybridized carbons (Fsp3) is 0.118. The zero-order chi connectivity index (χ0) is 12.5. The van der Waals surface area contributed by atoms with Crippen molar-refractivity contribution >= 4 is 6.08 Å². The number of nitrogens with zero attached hydrogens (tertiary/aromatic N) is 1. The number of allylic oxidation sites excluding steroid dienone is 2. The molecule has 0 unspecified atom stereocenters. The van der Waals surface area contributed by atoms with Crippen LogP contribution in [0.3, 0.4) is 0 Å². The van der Waals surface area contributed by atoms with E-state index in [1.54, 1.807) is 0 Å². The number of fused-ring (bicyclic) bond motifs is 1. The summed E-state index contributed by atoms with van der Waals surface area (Å²) in [4.78, 5) is 0. The van der Waals surface area contributed by atoms with E-state index in [9.17, 15) is 0 Å². The summed E-state index contributed by atoms with van der Waals surface area (Å²) in [5.41, 5.74) is 2.79. The number of hydrogen-bond acceptors (Lipinski definition) is 0. The average molecular weight is 234 g/mol. The molecule has 1 aliphatic rings. The minimum absolute atomic E-state index is 1.02. The van der Waals surface area contributed by atoms with E-state index in [2.05, 4.69) is 56.1 Å². The molecule has 1 aliphatic carbocycles. The van der Waals surface area contributed by atoms with Crippen LogP contribution in [0.4, 0.5) is 0 Å². The third-order valence-corrected chi connectivity index (χ3v) is 3.59. The van der Waals surface area contributed by atoms with Gasteiger partial charge >= 0.3 is 0 Å². The van der Waals surface area contributed by atoms with E-state index in [1.807, 2.05) is 16.5 Å². The molecular formula is C17H16N+. The summed E-state index contributed by atoms with van der Waals surface area (Å²) in [6.45, 7) is 6.25. The Morgan fingerprint density at radius 1 is 1.17 bits per heavy atom. The van der Waals surface area contributed by atoms with Crippen molar-refractivity contribution in [3.8, 4) is 0 Å². The molecule has 0 saturated heterocycles. The first-order valence-electron chi connectivity index (χ1n) is 6.21. The van der Waals surface area contributed by atoms with Crippen LogP contribution in [-0.2, 0) is 6.42 Å². The van der Waals surface area contributed by atoms with Gasteiger partial charge in [-0.3, -0.25) is 0 Å². The van der Waals surface area contributed by atoms with Crippen LogP contribution in [0.1, 0.15) is 11.1 Å². The number of aromatic nitrogens is 1. The standard InChI is InChI=1S/C17H16N/c1-13-15-8-4-3-7-14(15)10-11-16(13)17-9-5-6-12-18(17)2/h3-7,9-12H,2,8H2,1H3/q+1. The van der Waals surface area contributed by atoms with Crippen LogP contribution < -0.4 is 9.46 Å². The predicted molar refractivity (Wildman–Crippen MR) is 73.2 cm³/mol. The van der Waals surface area contributed by atoms with Crippen LogP contribution in [-0.4, -0.2) is 0 Å². The van der Waals surface area contributed by atoms with Crippen LogP contribution in [0.15, 0.2) is 48.7 Å². The second kappa shape index (κ2) is 4.26. The summed E-state index contributed by atoms with van der Waals surface area (Å²) in [6.07, 6.45) is 9.53. The molecule has 2 aromatic rings. The van der Waals surface area contributed by atoms with Crippen molar-refractivity contribution in [1.29, 1.82) is 0 Å². The lowest BCUT2D eigenvalue weighted by atomic mass is 9.97. The summed E-state index contributed by atoms with van der Waals surface area (Å²) in [5.74, 6) is 0. The summed E-state index contributed by atoms with van der Waals surface area (Å²) in [7, 11) is 0. The van der Waals surface area contributed by atoms with Gasteiger partial charge in [0.05, 0.1) is 0 Å². The SMILES string of the molecule is C=[n+]1ccccc1=c1ccc2c(c1C)CC=CC=2. The highest BCUT2D eigenvalue weighted by Gasteiger charge is 2.05. The van der Waals surface area contributed by atoms with E-state index >= 15 is 0 Å². The predicted octanol–water partition coefficient (Wildman–Crippen LogP) is 2.10. The molecule has 0 radical (unpaired) electrons. The molecule has 0 atom stereocenters. The summed E-state index contributed by atoms with van der Waals surface area (Å²) < 4.78 is 1.93. The maximum absolute atomic E-state index is 4.04. The van der Waals surface area contributed by atoms with E-state index in [0.717, 1.165) is 11.8 Å². The van der Waals surface area contributed by atoms with Crippen molar-refractivity contribution < 1.29 is 4.24 Å². The Kier molecular flexibility index (Phi) is 2.60.